The van der Waals surface area contributed by atoms with E-state index >= 15 is 0 Å². The highest BCUT2D eigenvalue weighted by atomic mass is 31.1. The molecule has 3 heteroatoms. The average Bonchev–Trinajstić information content (AvgIpc) is 2.86. The van der Waals surface area contributed by atoms with Crippen molar-refractivity contribution in [3.63, 3.8) is 0 Å². The number of hydrogen-bond acceptors (Lipinski definition) is 2. The van der Waals surface area contributed by atoms with E-state index < -0.39 is 8.01 Å². The van der Waals surface area contributed by atoms with Crippen LogP contribution < -0.4 is 0 Å². The van der Waals surface area contributed by atoms with Crippen molar-refractivity contribution in [2.75, 3.05) is 0 Å². The summed E-state index contributed by atoms with van der Waals surface area (Å²) < 4.78 is 13.0. The molecule has 1 heterocycles. The summed E-state index contributed by atoms with van der Waals surface area (Å²) in [7, 11) is -0.938. The van der Waals surface area contributed by atoms with E-state index in [1.807, 2.05) is 0 Å². The molecule has 4 rings (SSSR count). The van der Waals surface area contributed by atoms with Crippen molar-refractivity contribution in [1.29, 1.82) is 0 Å². The first-order chi connectivity index (χ1) is 13.6. The van der Waals surface area contributed by atoms with Crippen LogP contribution in [0.4, 0.5) is 0 Å². The third-order valence-corrected chi connectivity index (χ3v) is 7.92. The van der Waals surface area contributed by atoms with Gasteiger partial charge in [-0.25, -0.2) is 0 Å². The lowest BCUT2D eigenvalue weighted by Crippen LogP contribution is -2.20. The van der Waals surface area contributed by atoms with Gasteiger partial charge in [0.25, 0.3) is 0 Å². The van der Waals surface area contributed by atoms with E-state index in [0.29, 0.717) is 11.8 Å². The lowest BCUT2D eigenvalue weighted by molar-refractivity contribution is 0.430. The molecule has 0 amide bonds. The Morgan fingerprint density at radius 1 is 1.04 bits per heavy atom. The molecule has 0 aliphatic heterocycles. The van der Waals surface area contributed by atoms with Crippen molar-refractivity contribution in [1.82, 2.24) is 0 Å². The van der Waals surface area contributed by atoms with E-state index in [0.717, 1.165) is 18.4 Å². The van der Waals surface area contributed by atoms with Crippen molar-refractivity contribution in [2.45, 2.75) is 85.0 Å². The predicted octanol–water partition coefficient (Wildman–Crippen LogP) is 8.66. The maximum atomic E-state index is 6.55. The van der Waals surface area contributed by atoms with Gasteiger partial charge in [0, 0.05) is 23.5 Å². The van der Waals surface area contributed by atoms with Crippen LogP contribution in [-0.4, -0.2) is 0 Å². The second-order valence-corrected chi connectivity index (χ2v) is 9.93. The van der Waals surface area contributed by atoms with E-state index in [4.69, 9.17) is 8.39 Å². The quantitative estimate of drug-likeness (QED) is 0.515. The van der Waals surface area contributed by atoms with Gasteiger partial charge in [-0.15, -0.1) is 0 Å². The molecule has 1 aromatic carbocycles. The monoisotopic (exact) mass is 398 g/mol. The number of unbranched alkanes of at least 4 members (excludes halogenated alkanes) is 1. The zero-order valence-electron chi connectivity index (χ0n) is 18.2. The molecule has 2 aliphatic rings. The van der Waals surface area contributed by atoms with E-state index in [1.165, 1.54) is 66.4 Å². The van der Waals surface area contributed by atoms with Gasteiger partial charge in [0.15, 0.2) is 0 Å². The first kappa shape index (κ1) is 19.9. The number of fused-ring (bicyclic) bond motifs is 4. The molecule has 0 saturated heterocycles. The van der Waals surface area contributed by atoms with Gasteiger partial charge in [0.1, 0.15) is 11.3 Å². The third kappa shape index (κ3) is 3.28. The highest BCUT2D eigenvalue weighted by Crippen LogP contribution is 2.52. The molecule has 28 heavy (non-hydrogen) atoms. The summed E-state index contributed by atoms with van der Waals surface area (Å²) in [6.07, 6.45) is 9.74. The normalized spacial score (nSPS) is 22.2. The Kier molecular flexibility index (Phi) is 5.79. The predicted molar refractivity (Wildman–Crippen MR) is 121 cm³/mol. The minimum absolute atomic E-state index is 0.427. The number of rotatable bonds is 4. The van der Waals surface area contributed by atoms with Crippen LogP contribution in [0.25, 0.3) is 16.5 Å². The van der Waals surface area contributed by atoms with Crippen LogP contribution in [0.2, 0.25) is 0 Å². The van der Waals surface area contributed by atoms with E-state index in [9.17, 15) is 0 Å². The van der Waals surface area contributed by atoms with Crippen molar-refractivity contribution in [3.8, 4) is 0 Å². The van der Waals surface area contributed by atoms with E-state index in [2.05, 4.69) is 46.5 Å². The molecule has 0 spiro atoms. The summed E-state index contributed by atoms with van der Waals surface area (Å²) in [5.74, 6) is 2.22. The molecule has 0 saturated carbocycles. The van der Waals surface area contributed by atoms with Gasteiger partial charge in [-0.05, 0) is 73.6 Å². The topological polar surface area (TPSA) is 26.3 Å². The van der Waals surface area contributed by atoms with Crippen molar-refractivity contribution in [2.24, 2.45) is 12.6 Å². The minimum Gasteiger partial charge on any atom is -0.423 e. The zero-order chi connectivity index (χ0) is 19.8. The van der Waals surface area contributed by atoms with Gasteiger partial charge < -0.3 is 8.39 Å². The maximum absolute atomic E-state index is 6.55. The fourth-order valence-corrected chi connectivity index (χ4v) is 6.31. The smallest absolute Gasteiger partial charge is 0.212 e. The van der Waals surface area contributed by atoms with E-state index in [-0.39, 0.29) is 0 Å². The van der Waals surface area contributed by atoms with Crippen LogP contribution >= 0.6 is 8.01 Å². The SMILES string of the molecule is CCCCc1c(CC)ccc2op(C)oc3c(c12)C1=C(CCCC1)C(C)C3C. The lowest BCUT2D eigenvalue weighted by Gasteiger charge is -2.35. The van der Waals surface area contributed by atoms with Gasteiger partial charge >= 0.3 is 0 Å². The van der Waals surface area contributed by atoms with Crippen molar-refractivity contribution < 1.29 is 8.39 Å². The second kappa shape index (κ2) is 8.15. The fraction of sp³-hybridized carbons (Fsp3) is 0.600. The number of aryl methyl sites for hydroxylation is 3. The van der Waals surface area contributed by atoms with Gasteiger partial charge in [-0.1, -0.05) is 45.8 Å². The molecule has 3 atom stereocenters. The van der Waals surface area contributed by atoms with Crippen molar-refractivity contribution >= 4 is 24.6 Å². The molecular formula is C25H35O2P. The summed E-state index contributed by atoms with van der Waals surface area (Å²) in [6, 6.07) is 4.51. The molecule has 2 aromatic rings. The summed E-state index contributed by atoms with van der Waals surface area (Å²) in [5, 5.41) is 1.38. The van der Waals surface area contributed by atoms with E-state index in [1.54, 1.807) is 11.1 Å². The van der Waals surface area contributed by atoms with Crippen LogP contribution in [0.3, 0.4) is 0 Å². The Labute approximate surface area is 171 Å². The van der Waals surface area contributed by atoms with Gasteiger partial charge in [0.05, 0.1) is 0 Å². The molecule has 1 aromatic heterocycles. The standard InChI is InChI=1S/C25H35O2P/c1-6-8-11-20-18(7-2)14-15-22-23(20)24-21-13-10-9-12-19(21)16(3)17(4)25(24)27-28(5)26-22/h14-17H,6-13H2,1-5H3. The molecule has 3 unspecified atom stereocenters. The Hall–Kier alpha value is -1.40. The molecule has 0 bridgehead atoms. The Balaban J connectivity index is 2.15. The number of benzene rings is 1. The summed E-state index contributed by atoms with van der Waals surface area (Å²) in [6.45, 7) is 11.4. The van der Waals surface area contributed by atoms with Crippen LogP contribution in [0.15, 0.2) is 26.1 Å². The lowest BCUT2D eigenvalue weighted by atomic mass is 9.70. The van der Waals surface area contributed by atoms with Crippen LogP contribution in [0.1, 0.15) is 94.6 Å². The Bertz CT molecular complexity index is 951. The molecule has 2 aliphatic carbocycles. The fourth-order valence-electron chi connectivity index (χ4n) is 5.31. The summed E-state index contributed by atoms with van der Waals surface area (Å²) in [5.41, 5.74) is 8.76. The molecule has 0 N–H and O–H groups in total. The highest BCUT2D eigenvalue weighted by molar-refractivity contribution is 7.34. The summed E-state index contributed by atoms with van der Waals surface area (Å²) >= 11 is 0. The van der Waals surface area contributed by atoms with Gasteiger partial charge in [-0.3, -0.25) is 0 Å². The third-order valence-electron chi connectivity index (χ3n) is 7.01. The number of allylic oxidation sites excluding steroid dienone is 2. The first-order valence-corrected chi connectivity index (χ1v) is 12.9. The largest absolute Gasteiger partial charge is 0.423 e. The molecule has 152 valence electrons. The zero-order valence-corrected chi connectivity index (χ0v) is 19.1. The average molecular weight is 399 g/mol. The molecule has 0 radical (unpaired) electrons. The summed E-state index contributed by atoms with van der Waals surface area (Å²) in [4.78, 5) is 0. The molecule has 2 nitrogen and oxygen atoms in total. The first-order valence-electron chi connectivity index (χ1n) is 11.3. The van der Waals surface area contributed by atoms with Gasteiger partial charge in [0.2, 0.25) is 8.01 Å². The van der Waals surface area contributed by atoms with Gasteiger partial charge in [-0.2, -0.15) is 0 Å². The molecular weight excluding hydrogens is 363 g/mol. The van der Waals surface area contributed by atoms with Crippen molar-refractivity contribution in [3.05, 3.63) is 40.2 Å². The Morgan fingerprint density at radius 2 is 1.82 bits per heavy atom. The minimum atomic E-state index is -0.938. The maximum Gasteiger partial charge on any atom is 0.212 e. The molecule has 0 fully saturated rings. The Morgan fingerprint density at radius 3 is 2.57 bits per heavy atom. The highest BCUT2D eigenvalue weighted by Gasteiger charge is 2.35. The van der Waals surface area contributed by atoms with Crippen LogP contribution in [0, 0.1) is 5.92 Å². The van der Waals surface area contributed by atoms with Crippen LogP contribution in [-0.2, 0) is 19.5 Å². The second-order valence-electron chi connectivity index (χ2n) is 8.68. The number of hydrogen-bond donors (Lipinski definition) is 0. The van der Waals surface area contributed by atoms with Crippen LogP contribution in [0.5, 0.6) is 0 Å².